The molecular weight excluding hydrogens is 421 g/mol. The van der Waals surface area contributed by atoms with Gasteiger partial charge in [0, 0.05) is 68.7 Å². The molecule has 1 saturated heterocycles. The number of hydrogen-bond donors (Lipinski definition) is 2. The van der Waals surface area contributed by atoms with Crippen LogP contribution in [0.5, 0.6) is 0 Å². The van der Waals surface area contributed by atoms with Crippen LogP contribution in [-0.2, 0) is 13.0 Å². The normalized spacial score (nSPS) is 14.8. The van der Waals surface area contributed by atoms with Gasteiger partial charge < -0.3 is 15.2 Å². The van der Waals surface area contributed by atoms with Gasteiger partial charge in [0.05, 0.1) is 17.4 Å². The molecule has 8 nitrogen and oxygen atoms in total. The molecule has 4 aromatic rings. The first-order chi connectivity index (χ1) is 16.1. The lowest BCUT2D eigenvalue weighted by atomic mass is 10.1. The van der Waals surface area contributed by atoms with Gasteiger partial charge in [-0.1, -0.05) is 6.92 Å². The lowest BCUT2D eigenvalue weighted by molar-refractivity contribution is 0.246. The maximum Gasteiger partial charge on any atom is 0.251 e. The fraction of sp³-hybridized carbons (Fsp3) is 0.333. The molecule has 0 aromatic carbocycles. The van der Waals surface area contributed by atoms with Crippen LogP contribution in [0.1, 0.15) is 18.1 Å². The molecule has 9 heteroatoms. The van der Waals surface area contributed by atoms with Crippen LogP contribution in [0.3, 0.4) is 0 Å². The van der Waals surface area contributed by atoms with Gasteiger partial charge in [-0.05, 0) is 24.6 Å². The highest BCUT2D eigenvalue weighted by Crippen LogP contribution is 2.25. The van der Waals surface area contributed by atoms with E-state index in [9.17, 15) is 4.79 Å². The average molecular weight is 448 g/mol. The zero-order valence-corrected chi connectivity index (χ0v) is 18.7. The second kappa shape index (κ2) is 8.74. The third kappa shape index (κ3) is 4.00. The van der Waals surface area contributed by atoms with E-state index in [1.807, 2.05) is 26.2 Å². The summed E-state index contributed by atoms with van der Waals surface area (Å²) in [6.45, 7) is 5.56. The molecule has 5 heterocycles. The number of aromatic amines is 1. The van der Waals surface area contributed by atoms with E-state index in [0.717, 1.165) is 48.6 Å². The Hall–Kier alpha value is -3.59. The summed E-state index contributed by atoms with van der Waals surface area (Å²) < 4.78 is 15.1. The average Bonchev–Trinajstić information content (AvgIpc) is 2.85. The SMILES string of the molecule is CCc1cc2ncc(CN3CCN(c4cnc5c(NC)nccc5c4)CC3)c(F)c2[nH]c1=O. The molecule has 0 aliphatic carbocycles. The molecule has 33 heavy (non-hydrogen) atoms. The minimum atomic E-state index is -0.394. The monoisotopic (exact) mass is 447 g/mol. The number of nitrogens with one attached hydrogen (secondary N) is 2. The Morgan fingerprint density at radius 1 is 1.09 bits per heavy atom. The van der Waals surface area contributed by atoms with E-state index in [1.54, 1.807) is 18.5 Å². The molecule has 1 aliphatic rings. The number of rotatable bonds is 5. The Kier molecular flexibility index (Phi) is 5.63. The van der Waals surface area contributed by atoms with Gasteiger partial charge in [0.25, 0.3) is 5.56 Å². The third-order valence-electron chi connectivity index (χ3n) is 6.29. The first-order valence-corrected chi connectivity index (χ1v) is 11.2. The number of aromatic nitrogens is 4. The molecule has 0 radical (unpaired) electrons. The topological polar surface area (TPSA) is 90.0 Å². The first kappa shape index (κ1) is 21.3. The highest BCUT2D eigenvalue weighted by molar-refractivity contribution is 5.89. The fourth-order valence-corrected chi connectivity index (χ4v) is 4.38. The van der Waals surface area contributed by atoms with E-state index in [2.05, 4.69) is 41.1 Å². The molecule has 1 fully saturated rings. The van der Waals surface area contributed by atoms with Crippen molar-refractivity contribution in [2.45, 2.75) is 19.9 Å². The van der Waals surface area contributed by atoms with Gasteiger partial charge in [-0.2, -0.15) is 0 Å². The van der Waals surface area contributed by atoms with E-state index >= 15 is 4.39 Å². The molecule has 0 atom stereocenters. The lowest BCUT2D eigenvalue weighted by Crippen LogP contribution is -2.46. The maximum absolute atomic E-state index is 15.1. The number of pyridine rings is 4. The number of nitrogens with zero attached hydrogens (tertiary/aromatic N) is 5. The van der Waals surface area contributed by atoms with Crippen LogP contribution in [0.2, 0.25) is 0 Å². The second-order valence-electron chi connectivity index (χ2n) is 8.27. The highest BCUT2D eigenvalue weighted by atomic mass is 19.1. The summed E-state index contributed by atoms with van der Waals surface area (Å²) in [4.78, 5) is 32.6. The molecule has 0 bridgehead atoms. The third-order valence-corrected chi connectivity index (χ3v) is 6.29. The van der Waals surface area contributed by atoms with E-state index in [0.29, 0.717) is 29.6 Å². The van der Waals surface area contributed by atoms with E-state index in [4.69, 9.17) is 0 Å². The Labute approximate surface area is 190 Å². The van der Waals surface area contributed by atoms with E-state index < -0.39 is 5.82 Å². The largest absolute Gasteiger partial charge is 0.371 e. The summed E-state index contributed by atoms with van der Waals surface area (Å²) in [5.74, 6) is 0.372. The van der Waals surface area contributed by atoms with Crippen LogP contribution in [0.15, 0.2) is 41.6 Å². The standard InChI is InChI=1S/C24H26FN7O/c1-3-15-11-19-22(30-24(15)33)20(25)17(12-28-19)14-31-6-8-32(9-7-31)18-10-16-4-5-27-23(26-2)21(16)29-13-18/h4-5,10-13H,3,6-9,14H2,1-2H3,(H,26,27)(H,30,33). The van der Waals surface area contributed by atoms with Crippen molar-refractivity contribution in [3.8, 4) is 0 Å². The lowest BCUT2D eigenvalue weighted by Gasteiger charge is -2.36. The Morgan fingerprint density at radius 2 is 1.91 bits per heavy atom. The van der Waals surface area contributed by atoms with Crippen molar-refractivity contribution in [3.05, 3.63) is 64.1 Å². The van der Waals surface area contributed by atoms with Crippen molar-refractivity contribution in [1.29, 1.82) is 0 Å². The van der Waals surface area contributed by atoms with E-state index in [1.165, 1.54) is 0 Å². The highest BCUT2D eigenvalue weighted by Gasteiger charge is 2.20. The van der Waals surface area contributed by atoms with Crippen LogP contribution in [0.4, 0.5) is 15.9 Å². The second-order valence-corrected chi connectivity index (χ2v) is 8.27. The molecule has 2 N–H and O–H groups in total. The maximum atomic E-state index is 15.1. The van der Waals surface area contributed by atoms with Gasteiger partial charge in [0.15, 0.2) is 11.6 Å². The summed E-state index contributed by atoms with van der Waals surface area (Å²) in [5.41, 5.74) is 3.45. The zero-order valence-electron chi connectivity index (χ0n) is 18.7. The molecule has 4 aromatic heterocycles. The number of H-pyrrole nitrogens is 1. The van der Waals surface area contributed by atoms with Gasteiger partial charge in [-0.25, -0.2) is 9.37 Å². The molecule has 170 valence electrons. The van der Waals surface area contributed by atoms with Crippen molar-refractivity contribution in [2.24, 2.45) is 0 Å². The zero-order chi connectivity index (χ0) is 22.9. The van der Waals surface area contributed by atoms with Gasteiger partial charge in [0.1, 0.15) is 11.0 Å². The molecule has 0 saturated carbocycles. The van der Waals surface area contributed by atoms with Gasteiger partial charge >= 0.3 is 0 Å². The number of piperazine rings is 1. The molecule has 1 aliphatic heterocycles. The Balaban J connectivity index is 1.30. The summed E-state index contributed by atoms with van der Waals surface area (Å²) in [7, 11) is 1.84. The quantitative estimate of drug-likeness (QED) is 0.486. The van der Waals surface area contributed by atoms with Crippen LogP contribution in [0, 0.1) is 5.82 Å². The van der Waals surface area contributed by atoms with Crippen molar-refractivity contribution in [3.63, 3.8) is 0 Å². The molecule has 0 unspecified atom stereocenters. The van der Waals surface area contributed by atoms with Crippen LogP contribution in [0.25, 0.3) is 21.9 Å². The predicted octanol–water partition coefficient (Wildman–Crippen LogP) is 2.93. The number of halogens is 1. The molecule has 0 amide bonds. The summed E-state index contributed by atoms with van der Waals surface area (Å²) in [6.07, 6.45) is 5.83. The Morgan fingerprint density at radius 3 is 2.67 bits per heavy atom. The Bertz CT molecular complexity index is 1380. The molecule has 5 rings (SSSR count). The van der Waals surface area contributed by atoms with Crippen molar-refractivity contribution in [1.82, 2.24) is 24.8 Å². The minimum Gasteiger partial charge on any atom is -0.371 e. The fourth-order valence-electron chi connectivity index (χ4n) is 4.38. The molecule has 0 spiro atoms. The van der Waals surface area contributed by atoms with E-state index in [-0.39, 0.29) is 11.1 Å². The smallest absolute Gasteiger partial charge is 0.251 e. The summed E-state index contributed by atoms with van der Waals surface area (Å²) in [6, 6.07) is 5.77. The van der Waals surface area contributed by atoms with Gasteiger partial charge in [0.2, 0.25) is 0 Å². The first-order valence-electron chi connectivity index (χ1n) is 11.2. The predicted molar refractivity (Wildman–Crippen MR) is 128 cm³/mol. The summed E-state index contributed by atoms with van der Waals surface area (Å²) in [5, 5.41) is 4.11. The van der Waals surface area contributed by atoms with Gasteiger partial charge in [-0.3, -0.25) is 19.7 Å². The number of aryl methyl sites for hydroxylation is 1. The molecular formula is C24H26FN7O. The van der Waals surface area contributed by atoms with Crippen LogP contribution < -0.4 is 15.8 Å². The van der Waals surface area contributed by atoms with Gasteiger partial charge in [-0.15, -0.1) is 0 Å². The minimum absolute atomic E-state index is 0.186. The van der Waals surface area contributed by atoms with Crippen molar-refractivity contribution < 1.29 is 4.39 Å². The van der Waals surface area contributed by atoms with Crippen molar-refractivity contribution >= 4 is 33.4 Å². The summed E-state index contributed by atoms with van der Waals surface area (Å²) >= 11 is 0. The number of anilines is 2. The van der Waals surface area contributed by atoms with Crippen LogP contribution >= 0.6 is 0 Å². The number of hydrogen-bond acceptors (Lipinski definition) is 7. The van der Waals surface area contributed by atoms with Crippen molar-refractivity contribution in [2.75, 3.05) is 43.4 Å². The van der Waals surface area contributed by atoms with Crippen LogP contribution in [-0.4, -0.2) is 58.1 Å². The number of fused-ring (bicyclic) bond motifs is 2.